The Hall–Kier alpha value is -0.610. The van der Waals surface area contributed by atoms with Gasteiger partial charge in [0.25, 0.3) is 0 Å². The van der Waals surface area contributed by atoms with Crippen molar-refractivity contribution >= 4 is 5.91 Å². The molecule has 0 unspecified atom stereocenters. The van der Waals surface area contributed by atoms with E-state index in [0.717, 1.165) is 13.1 Å². The number of carbonyl (C=O) groups excluding carboxylic acids is 1. The van der Waals surface area contributed by atoms with Crippen LogP contribution in [0.15, 0.2) is 0 Å². The highest BCUT2D eigenvalue weighted by molar-refractivity contribution is 5.77. The van der Waals surface area contributed by atoms with E-state index in [1.54, 1.807) is 7.05 Å². The average molecular weight is 227 g/mol. The molecule has 0 aliphatic carbocycles. The smallest absolute Gasteiger partial charge is 0.234 e. The fraction of sp³-hybridized carbons (Fsp3) is 0.917. The number of carbonyl (C=O) groups is 1. The number of rotatable bonds is 6. The number of nitrogens with zero attached hydrogens (tertiary/aromatic N) is 1. The first-order valence-electron chi connectivity index (χ1n) is 6.28. The maximum absolute atomic E-state index is 11.3. The van der Waals surface area contributed by atoms with Gasteiger partial charge in [-0.3, -0.25) is 9.69 Å². The summed E-state index contributed by atoms with van der Waals surface area (Å²) in [5.74, 6) is 0.799. The van der Waals surface area contributed by atoms with Gasteiger partial charge in [-0.2, -0.15) is 0 Å². The lowest BCUT2D eigenvalue weighted by Crippen LogP contribution is -2.43. The van der Waals surface area contributed by atoms with Crippen molar-refractivity contribution in [3.05, 3.63) is 0 Å². The topological polar surface area (TPSA) is 44.4 Å². The number of hydrogen-bond donors (Lipinski definition) is 2. The van der Waals surface area contributed by atoms with Crippen molar-refractivity contribution in [1.82, 2.24) is 15.5 Å². The zero-order valence-corrected chi connectivity index (χ0v) is 10.8. The number of nitrogens with one attached hydrogen (secondary N) is 2. The van der Waals surface area contributed by atoms with Gasteiger partial charge in [-0.1, -0.05) is 13.8 Å². The molecule has 0 aromatic rings. The van der Waals surface area contributed by atoms with E-state index in [1.807, 2.05) is 0 Å². The van der Waals surface area contributed by atoms with E-state index in [1.165, 1.54) is 19.4 Å². The van der Waals surface area contributed by atoms with Gasteiger partial charge >= 0.3 is 0 Å². The molecule has 0 radical (unpaired) electrons. The summed E-state index contributed by atoms with van der Waals surface area (Å²) in [4.78, 5) is 13.8. The van der Waals surface area contributed by atoms with E-state index >= 15 is 0 Å². The maximum atomic E-state index is 11.3. The first kappa shape index (κ1) is 13.5. The molecule has 1 amide bonds. The molecule has 0 aromatic carbocycles. The largest absolute Gasteiger partial charge is 0.353 e. The van der Waals surface area contributed by atoms with Gasteiger partial charge in [-0.25, -0.2) is 0 Å². The van der Waals surface area contributed by atoms with E-state index in [0.29, 0.717) is 18.5 Å². The van der Waals surface area contributed by atoms with Gasteiger partial charge in [0.1, 0.15) is 0 Å². The van der Waals surface area contributed by atoms with Gasteiger partial charge in [0.15, 0.2) is 0 Å². The normalized spacial score (nSPS) is 21.6. The number of amides is 1. The second-order valence-electron chi connectivity index (χ2n) is 5.02. The highest BCUT2D eigenvalue weighted by atomic mass is 16.1. The molecule has 1 fully saturated rings. The van der Waals surface area contributed by atoms with E-state index < -0.39 is 0 Å². The third-order valence-electron chi connectivity index (χ3n) is 2.97. The molecule has 94 valence electrons. The molecule has 0 bridgehead atoms. The molecular weight excluding hydrogens is 202 g/mol. The van der Waals surface area contributed by atoms with Crippen LogP contribution in [0.1, 0.15) is 26.7 Å². The Kier molecular flexibility index (Phi) is 5.77. The fourth-order valence-electron chi connectivity index (χ4n) is 2.29. The molecule has 1 aliphatic heterocycles. The number of likely N-dealkylation sites (N-methyl/N-ethyl adjacent to an activating group) is 1. The quantitative estimate of drug-likeness (QED) is 0.692. The Balaban J connectivity index is 2.27. The number of likely N-dealkylation sites (tertiary alicyclic amines) is 1. The van der Waals surface area contributed by atoms with Crippen molar-refractivity contribution < 1.29 is 4.79 Å². The molecule has 1 aliphatic rings. The first-order valence-corrected chi connectivity index (χ1v) is 6.28. The summed E-state index contributed by atoms with van der Waals surface area (Å²) in [5, 5.41) is 5.85. The van der Waals surface area contributed by atoms with Crippen LogP contribution < -0.4 is 10.6 Å². The van der Waals surface area contributed by atoms with Crippen LogP contribution in [0.25, 0.3) is 0 Å². The molecule has 4 heteroatoms. The molecular formula is C12H25N3O. The predicted molar refractivity (Wildman–Crippen MR) is 66.4 cm³/mol. The summed E-state index contributed by atoms with van der Waals surface area (Å²) < 4.78 is 0. The third kappa shape index (κ3) is 4.49. The molecule has 2 N–H and O–H groups in total. The van der Waals surface area contributed by atoms with Crippen LogP contribution in [0.2, 0.25) is 0 Å². The van der Waals surface area contributed by atoms with Crippen molar-refractivity contribution in [3.8, 4) is 0 Å². The maximum Gasteiger partial charge on any atom is 0.234 e. The minimum atomic E-state index is 0.0962. The SMILES string of the molecule is CNCC(=O)NC[C@H]1CCCN1CC(C)C. The molecule has 0 saturated carbocycles. The van der Waals surface area contributed by atoms with Crippen LogP contribution in [-0.2, 0) is 4.79 Å². The Morgan fingerprint density at radius 3 is 2.88 bits per heavy atom. The van der Waals surface area contributed by atoms with Gasteiger partial charge < -0.3 is 10.6 Å². The van der Waals surface area contributed by atoms with Gasteiger partial charge in [0.05, 0.1) is 6.54 Å². The second kappa shape index (κ2) is 6.86. The van der Waals surface area contributed by atoms with E-state index in [4.69, 9.17) is 0 Å². The molecule has 0 spiro atoms. The molecule has 16 heavy (non-hydrogen) atoms. The lowest BCUT2D eigenvalue weighted by molar-refractivity contribution is -0.120. The summed E-state index contributed by atoms with van der Waals surface area (Å²) in [5.41, 5.74) is 0. The van der Waals surface area contributed by atoms with Crippen molar-refractivity contribution in [2.24, 2.45) is 5.92 Å². The third-order valence-corrected chi connectivity index (χ3v) is 2.97. The monoisotopic (exact) mass is 227 g/mol. The summed E-state index contributed by atoms with van der Waals surface area (Å²) in [7, 11) is 1.79. The molecule has 0 aromatic heterocycles. The van der Waals surface area contributed by atoms with E-state index in [9.17, 15) is 4.79 Å². The summed E-state index contributed by atoms with van der Waals surface area (Å²) >= 11 is 0. The van der Waals surface area contributed by atoms with Gasteiger partial charge in [0, 0.05) is 19.1 Å². The van der Waals surface area contributed by atoms with Crippen molar-refractivity contribution in [2.45, 2.75) is 32.7 Å². The van der Waals surface area contributed by atoms with Crippen LogP contribution in [0.5, 0.6) is 0 Å². The van der Waals surface area contributed by atoms with Crippen molar-refractivity contribution in [3.63, 3.8) is 0 Å². The zero-order valence-electron chi connectivity index (χ0n) is 10.8. The second-order valence-corrected chi connectivity index (χ2v) is 5.02. The highest BCUT2D eigenvalue weighted by Gasteiger charge is 2.24. The highest BCUT2D eigenvalue weighted by Crippen LogP contribution is 2.17. The summed E-state index contributed by atoms with van der Waals surface area (Å²) in [6.07, 6.45) is 2.48. The lowest BCUT2D eigenvalue weighted by Gasteiger charge is -2.26. The minimum Gasteiger partial charge on any atom is -0.353 e. The molecule has 1 heterocycles. The molecule has 4 nitrogen and oxygen atoms in total. The van der Waals surface area contributed by atoms with Crippen LogP contribution in [0.3, 0.4) is 0 Å². The Labute approximate surface area is 98.8 Å². The first-order chi connectivity index (χ1) is 7.63. The van der Waals surface area contributed by atoms with Crippen LogP contribution >= 0.6 is 0 Å². The average Bonchev–Trinajstić information content (AvgIpc) is 2.62. The van der Waals surface area contributed by atoms with Crippen LogP contribution in [0, 0.1) is 5.92 Å². The minimum absolute atomic E-state index is 0.0962. The van der Waals surface area contributed by atoms with Crippen molar-refractivity contribution in [2.75, 3.05) is 33.2 Å². The van der Waals surface area contributed by atoms with Crippen molar-refractivity contribution in [1.29, 1.82) is 0 Å². The van der Waals surface area contributed by atoms with E-state index in [-0.39, 0.29) is 5.91 Å². The van der Waals surface area contributed by atoms with Gasteiger partial charge in [-0.15, -0.1) is 0 Å². The standard InChI is InChI=1S/C12H25N3O/c1-10(2)9-15-6-4-5-11(15)7-14-12(16)8-13-3/h10-11,13H,4-9H2,1-3H3,(H,14,16)/t11-/m1/s1. The summed E-state index contributed by atoms with van der Waals surface area (Å²) in [6, 6.07) is 0.545. The molecule has 1 atom stereocenters. The molecule has 1 rings (SSSR count). The van der Waals surface area contributed by atoms with Crippen LogP contribution in [-0.4, -0.2) is 50.1 Å². The Morgan fingerprint density at radius 2 is 2.25 bits per heavy atom. The Morgan fingerprint density at radius 1 is 1.50 bits per heavy atom. The fourth-order valence-corrected chi connectivity index (χ4v) is 2.29. The summed E-state index contributed by atoms with van der Waals surface area (Å²) in [6.45, 7) is 8.03. The number of hydrogen-bond acceptors (Lipinski definition) is 3. The molecule has 1 saturated heterocycles. The zero-order chi connectivity index (χ0) is 12.0. The predicted octanol–water partition coefficient (Wildman–Crippen LogP) is 0.442. The Bertz CT molecular complexity index is 218. The van der Waals surface area contributed by atoms with Crippen LogP contribution in [0.4, 0.5) is 0 Å². The lowest BCUT2D eigenvalue weighted by atomic mass is 10.1. The van der Waals surface area contributed by atoms with Gasteiger partial charge in [-0.05, 0) is 32.4 Å². The van der Waals surface area contributed by atoms with E-state index in [2.05, 4.69) is 29.4 Å². The van der Waals surface area contributed by atoms with Gasteiger partial charge in [0.2, 0.25) is 5.91 Å².